The van der Waals surface area contributed by atoms with Gasteiger partial charge in [0.1, 0.15) is 5.52 Å². The molecule has 8 nitrogen and oxygen atoms in total. The molecule has 3 aromatic rings. The van der Waals surface area contributed by atoms with E-state index in [1.54, 1.807) is 25.9 Å². The Kier molecular flexibility index (Phi) is 4.57. The highest BCUT2D eigenvalue weighted by Gasteiger charge is 2.28. The van der Waals surface area contributed by atoms with Crippen LogP contribution in [0.3, 0.4) is 0 Å². The van der Waals surface area contributed by atoms with E-state index in [4.69, 9.17) is 14.7 Å². The standard InChI is InChI=1S/C19H22N4O4/c1-26-16-7-13-14(8-17(16)27-2)20-9-15-18(13)23(10-21-15)12-5-3-11(4-6-12)19(24)22-25/h7-12,25H,3-6H2,1-2H3,(H,22,24)/t11-,12-. The molecule has 0 spiro atoms. The minimum Gasteiger partial charge on any atom is -0.493 e. The van der Waals surface area contributed by atoms with Crippen molar-refractivity contribution in [3.05, 3.63) is 24.7 Å². The zero-order chi connectivity index (χ0) is 19.0. The van der Waals surface area contributed by atoms with E-state index < -0.39 is 0 Å². The predicted molar refractivity (Wildman–Crippen MR) is 99.1 cm³/mol. The van der Waals surface area contributed by atoms with Gasteiger partial charge in [-0.1, -0.05) is 0 Å². The van der Waals surface area contributed by atoms with Crippen LogP contribution in [-0.4, -0.2) is 39.9 Å². The second-order valence-electron chi connectivity index (χ2n) is 6.85. The van der Waals surface area contributed by atoms with Gasteiger partial charge in [-0.3, -0.25) is 15.0 Å². The minimum atomic E-state index is -0.296. The topological polar surface area (TPSA) is 98.5 Å². The Labute approximate surface area is 156 Å². The number of fused-ring (bicyclic) bond motifs is 3. The van der Waals surface area contributed by atoms with E-state index in [-0.39, 0.29) is 17.9 Å². The Hall–Kier alpha value is -2.87. The maximum atomic E-state index is 11.7. The number of aromatic nitrogens is 3. The van der Waals surface area contributed by atoms with E-state index in [1.807, 2.05) is 18.5 Å². The molecule has 0 atom stereocenters. The summed E-state index contributed by atoms with van der Waals surface area (Å²) in [5.74, 6) is 0.855. The van der Waals surface area contributed by atoms with Crippen molar-refractivity contribution in [3.8, 4) is 11.5 Å². The van der Waals surface area contributed by atoms with E-state index >= 15 is 0 Å². The monoisotopic (exact) mass is 370 g/mol. The summed E-state index contributed by atoms with van der Waals surface area (Å²) in [6.07, 6.45) is 6.78. The van der Waals surface area contributed by atoms with Crippen LogP contribution >= 0.6 is 0 Å². The van der Waals surface area contributed by atoms with Crippen LogP contribution in [-0.2, 0) is 4.79 Å². The lowest BCUT2D eigenvalue weighted by atomic mass is 9.85. The predicted octanol–water partition coefficient (Wildman–Crippen LogP) is 2.84. The van der Waals surface area contributed by atoms with E-state index in [0.717, 1.165) is 47.6 Å². The molecule has 1 fully saturated rings. The van der Waals surface area contributed by atoms with E-state index in [0.29, 0.717) is 11.5 Å². The van der Waals surface area contributed by atoms with Crippen molar-refractivity contribution >= 4 is 27.8 Å². The number of pyridine rings is 1. The van der Waals surface area contributed by atoms with Crippen molar-refractivity contribution < 1.29 is 19.5 Å². The van der Waals surface area contributed by atoms with Crippen LogP contribution in [0.5, 0.6) is 11.5 Å². The van der Waals surface area contributed by atoms with Gasteiger partial charge in [0.2, 0.25) is 5.91 Å². The molecular formula is C19H22N4O4. The number of ether oxygens (including phenoxy) is 2. The summed E-state index contributed by atoms with van der Waals surface area (Å²) >= 11 is 0. The number of imidazole rings is 1. The van der Waals surface area contributed by atoms with Crippen molar-refractivity contribution in [2.75, 3.05) is 14.2 Å². The molecule has 8 heteroatoms. The molecule has 27 heavy (non-hydrogen) atoms. The van der Waals surface area contributed by atoms with E-state index in [2.05, 4.69) is 14.5 Å². The Bertz CT molecular complexity index is 992. The number of amides is 1. The molecule has 1 aliphatic carbocycles. The number of hydrogen-bond donors (Lipinski definition) is 2. The molecular weight excluding hydrogens is 348 g/mol. The smallest absolute Gasteiger partial charge is 0.246 e. The number of hydroxylamine groups is 1. The van der Waals surface area contributed by atoms with Crippen LogP contribution in [0.4, 0.5) is 0 Å². The number of carbonyl (C=O) groups is 1. The summed E-state index contributed by atoms with van der Waals surface area (Å²) in [4.78, 5) is 20.7. The van der Waals surface area contributed by atoms with Gasteiger partial charge in [-0.2, -0.15) is 0 Å². The highest BCUT2D eigenvalue weighted by molar-refractivity contribution is 6.03. The molecule has 1 amide bonds. The second kappa shape index (κ2) is 7.03. The SMILES string of the molecule is COc1cc2ncc3ncn([C@H]4CC[C@H](C(=O)NO)CC4)c3c2cc1OC. The summed E-state index contributed by atoms with van der Waals surface area (Å²) in [6, 6.07) is 4.05. The maximum Gasteiger partial charge on any atom is 0.246 e. The fourth-order valence-corrected chi connectivity index (χ4v) is 4.03. The first-order valence-electron chi connectivity index (χ1n) is 8.97. The van der Waals surface area contributed by atoms with Gasteiger partial charge in [-0.25, -0.2) is 10.5 Å². The van der Waals surface area contributed by atoms with Gasteiger partial charge >= 0.3 is 0 Å². The average molecular weight is 370 g/mol. The highest BCUT2D eigenvalue weighted by atomic mass is 16.5. The molecule has 2 aromatic heterocycles. The van der Waals surface area contributed by atoms with Crippen molar-refractivity contribution in [2.24, 2.45) is 5.92 Å². The lowest BCUT2D eigenvalue weighted by molar-refractivity contribution is -0.134. The molecule has 1 saturated carbocycles. The Morgan fingerprint density at radius 3 is 2.48 bits per heavy atom. The van der Waals surface area contributed by atoms with Crippen LogP contribution in [0, 0.1) is 5.92 Å². The minimum absolute atomic E-state index is 0.135. The average Bonchev–Trinajstić information content (AvgIpc) is 3.16. The fourth-order valence-electron chi connectivity index (χ4n) is 4.03. The third-order valence-electron chi connectivity index (χ3n) is 5.48. The van der Waals surface area contributed by atoms with E-state index in [9.17, 15) is 4.79 Å². The largest absolute Gasteiger partial charge is 0.493 e. The van der Waals surface area contributed by atoms with Crippen molar-refractivity contribution in [1.82, 2.24) is 20.0 Å². The Balaban J connectivity index is 1.76. The zero-order valence-corrected chi connectivity index (χ0v) is 15.3. The number of hydrogen-bond acceptors (Lipinski definition) is 6. The van der Waals surface area contributed by atoms with Crippen LogP contribution in [0.25, 0.3) is 21.9 Å². The summed E-state index contributed by atoms with van der Waals surface area (Å²) in [5.41, 5.74) is 4.42. The molecule has 2 heterocycles. The summed E-state index contributed by atoms with van der Waals surface area (Å²) in [7, 11) is 3.22. The van der Waals surface area contributed by atoms with Gasteiger partial charge in [0, 0.05) is 23.4 Å². The number of carbonyl (C=O) groups excluding carboxylic acids is 1. The third-order valence-corrected chi connectivity index (χ3v) is 5.48. The van der Waals surface area contributed by atoms with Crippen LogP contribution in [0.15, 0.2) is 24.7 Å². The first-order chi connectivity index (χ1) is 13.2. The third kappa shape index (κ3) is 2.95. The van der Waals surface area contributed by atoms with Crippen LogP contribution < -0.4 is 15.0 Å². The molecule has 0 unspecified atom stereocenters. The molecule has 1 aromatic carbocycles. The molecule has 2 N–H and O–H groups in total. The van der Waals surface area contributed by atoms with Gasteiger partial charge in [0.05, 0.1) is 37.8 Å². The van der Waals surface area contributed by atoms with Crippen molar-refractivity contribution in [2.45, 2.75) is 31.7 Å². The van der Waals surface area contributed by atoms with E-state index in [1.165, 1.54) is 0 Å². The molecule has 0 aliphatic heterocycles. The van der Waals surface area contributed by atoms with Crippen LogP contribution in [0.1, 0.15) is 31.7 Å². The van der Waals surface area contributed by atoms with Gasteiger partial charge in [0.25, 0.3) is 0 Å². The normalized spacial score (nSPS) is 20.0. The second-order valence-corrected chi connectivity index (χ2v) is 6.85. The molecule has 0 bridgehead atoms. The number of nitrogens with zero attached hydrogens (tertiary/aromatic N) is 3. The summed E-state index contributed by atoms with van der Waals surface area (Å²) < 4.78 is 13.0. The first-order valence-corrected chi connectivity index (χ1v) is 8.97. The molecule has 0 radical (unpaired) electrons. The summed E-state index contributed by atoms with van der Waals surface area (Å²) in [5, 5.41) is 9.80. The van der Waals surface area contributed by atoms with Gasteiger partial charge in [0.15, 0.2) is 11.5 Å². The molecule has 142 valence electrons. The van der Waals surface area contributed by atoms with Gasteiger partial charge in [-0.15, -0.1) is 0 Å². The number of benzene rings is 1. The first kappa shape index (κ1) is 17.5. The lowest BCUT2D eigenvalue weighted by Crippen LogP contribution is -2.31. The Morgan fingerprint density at radius 2 is 1.81 bits per heavy atom. The van der Waals surface area contributed by atoms with Crippen LogP contribution in [0.2, 0.25) is 0 Å². The number of nitrogens with one attached hydrogen (secondary N) is 1. The quantitative estimate of drug-likeness (QED) is 0.541. The Morgan fingerprint density at radius 1 is 1.11 bits per heavy atom. The lowest BCUT2D eigenvalue weighted by Gasteiger charge is -2.28. The molecule has 4 rings (SSSR count). The molecule has 0 saturated heterocycles. The molecule has 1 aliphatic rings. The maximum absolute atomic E-state index is 11.7. The summed E-state index contributed by atoms with van der Waals surface area (Å²) in [6.45, 7) is 0. The highest BCUT2D eigenvalue weighted by Crippen LogP contribution is 2.38. The van der Waals surface area contributed by atoms with Crippen molar-refractivity contribution in [3.63, 3.8) is 0 Å². The van der Waals surface area contributed by atoms with Crippen molar-refractivity contribution in [1.29, 1.82) is 0 Å². The van der Waals surface area contributed by atoms with Gasteiger partial charge < -0.3 is 14.0 Å². The van der Waals surface area contributed by atoms with Gasteiger partial charge in [-0.05, 0) is 31.7 Å². The fraction of sp³-hybridized carbons (Fsp3) is 0.421. The zero-order valence-electron chi connectivity index (χ0n) is 15.3. The number of methoxy groups -OCH3 is 2. The number of rotatable bonds is 4.